The van der Waals surface area contributed by atoms with Crippen LogP contribution in [0.2, 0.25) is 5.02 Å². The second-order valence-corrected chi connectivity index (χ2v) is 4.91. The highest BCUT2D eigenvalue weighted by molar-refractivity contribution is 6.33. The minimum Gasteiger partial charge on any atom is -0.467 e. The van der Waals surface area contributed by atoms with Crippen LogP contribution < -0.4 is 10.2 Å². The standard InChI is InChI=1S/C15H19ClN2O/c1-3-17-10-12-6-7-15(14(16)9-12)18(2)11-13-5-4-8-19-13/h4-9,17H,3,10-11H2,1-2H3. The molecule has 1 heterocycles. The van der Waals surface area contributed by atoms with Gasteiger partial charge in [0.2, 0.25) is 0 Å². The maximum atomic E-state index is 6.34. The minimum atomic E-state index is 0.708. The molecular formula is C15H19ClN2O. The number of halogens is 1. The van der Waals surface area contributed by atoms with Crippen molar-refractivity contribution in [2.45, 2.75) is 20.0 Å². The van der Waals surface area contributed by atoms with Crippen LogP contribution in [0.25, 0.3) is 0 Å². The smallest absolute Gasteiger partial charge is 0.123 e. The summed E-state index contributed by atoms with van der Waals surface area (Å²) < 4.78 is 5.35. The normalized spacial score (nSPS) is 10.7. The number of benzene rings is 1. The molecule has 1 N–H and O–H groups in total. The molecule has 2 rings (SSSR count). The van der Waals surface area contributed by atoms with E-state index in [0.29, 0.717) is 6.54 Å². The predicted molar refractivity (Wildman–Crippen MR) is 79.6 cm³/mol. The number of rotatable bonds is 6. The average molecular weight is 279 g/mol. The number of nitrogens with one attached hydrogen (secondary N) is 1. The summed E-state index contributed by atoms with van der Waals surface area (Å²) in [6.45, 7) is 4.60. The van der Waals surface area contributed by atoms with E-state index in [1.807, 2.05) is 25.2 Å². The average Bonchev–Trinajstić information content (AvgIpc) is 2.89. The summed E-state index contributed by atoms with van der Waals surface area (Å²) >= 11 is 6.34. The first-order valence-corrected chi connectivity index (χ1v) is 6.81. The Bertz CT molecular complexity index is 511. The molecular weight excluding hydrogens is 260 g/mol. The van der Waals surface area contributed by atoms with Crippen molar-refractivity contribution in [1.82, 2.24) is 5.32 Å². The Hall–Kier alpha value is -1.45. The van der Waals surface area contributed by atoms with Gasteiger partial charge < -0.3 is 14.6 Å². The van der Waals surface area contributed by atoms with Gasteiger partial charge in [0.05, 0.1) is 23.5 Å². The van der Waals surface area contributed by atoms with E-state index in [1.54, 1.807) is 6.26 Å². The second kappa shape index (κ2) is 6.64. The van der Waals surface area contributed by atoms with Gasteiger partial charge in [0.25, 0.3) is 0 Å². The lowest BCUT2D eigenvalue weighted by Gasteiger charge is -2.20. The third-order valence-electron chi connectivity index (χ3n) is 2.98. The first-order valence-electron chi connectivity index (χ1n) is 6.43. The summed E-state index contributed by atoms with van der Waals surface area (Å²) in [6.07, 6.45) is 1.68. The Morgan fingerprint density at radius 2 is 2.16 bits per heavy atom. The largest absolute Gasteiger partial charge is 0.467 e. The van der Waals surface area contributed by atoms with E-state index >= 15 is 0 Å². The topological polar surface area (TPSA) is 28.4 Å². The lowest BCUT2D eigenvalue weighted by atomic mass is 10.2. The fourth-order valence-electron chi connectivity index (χ4n) is 1.96. The lowest BCUT2D eigenvalue weighted by molar-refractivity contribution is 0.507. The highest BCUT2D eigenvalue weighted by atomic mass is 35.5. The summed E-state index contributed by atoms with van der Waals surface area (Å²) in [4.78, 5) is 2.08. The third-order valence-corrected chi connectivity index (χ3v) is 3.28. The van der Waals surface area contributed by atoms with E-state index in [4.69, 9.17) is 16.0 Å². The van der Waals surface area contributed by atoms with Gasteiger partial charge in [0.1, 0.15) is 5.76 Å². The third kappa shape index (κ3) is 3.75. The van der Waals surface area contributed by atoms with Crippen molar-refractivity contribution < 1.29 is 4.42 Å². The SMILES string of the molecule is CCNCc1ccc(N(C)Cc2ccco2)c(Cl)c1. The highest BCUT2D eigenvalue weighted by Gasteiger charge is 2.08. The number of anilines is 1. The molecule has 2 aromatic rings. The van der Waals surface area contributed by atoms with E-state index in [9.17, 15) is 0 Å². The van der Waals surface area contributed by atoms with Gasteiger partial charge in [-0.2, -0.15) is 0 Å². The highest BCUT2D eigenvalue weighted by Crippen LogP contribution is 2.27. The van der Waals surface area contributed by atoms with Crippen LogP contribution in [0.5, 0.6) is 0 Å². The Morgan fingerprint density at radius 1 is 1.32 bits per heavy atom. The van der Waals surface area contributed by atoms with Gasteiger partial charge in [-0.15, -0.1) is 0 Å². The summed E-state index contributed by atoms with van der Waals surface area (Å²) in [5.41, 5.74) is 2.21. The summed E-state index contributed by atoms with van der Waals surface area (Å²) in [5, 5.41) is 4.06. The fraction of sp³-hybridized carbons (Fsp3) is 0.333. The van der Waals surface area contributed by atoms with Gasteiger partial charge >= 0.3 is 0 Å². The molecule has 0 aliphatic rings. The molecule has 0 fully saturated rings. The molecule has 0 aliphatic heterocycles. The van der Waals surface area contributed by atoms with Crippen molar-refractivity contribution in [3.63, 3.8) is 0 Å². The molecule has 0 amide bonds. The van der Waals surface area contributed by atoms with E-state index in [2.05, 4.69) is 29.3 Å². The summed E-state index contributed by atoms with van der Waals surface area (Å²) in [6, 6.07) is 10.0. The molecule has 4 heteroatoms. The van der Waals surface area contributed by atoms with Crippen LogP contribution in [0.1, 0.15) is 18.2 Å². The van der Waals surface area contributed by atoms with Gasteiger partial charge in [0.15, 0.2) is 0 Å². The summed E-state index contributed by atoms with van der Waals surface area (Å²) in [7, 11) is 2.01. The zero-order chi connectivity index (χ0) is 13.7. The zero-order valence-corrected chi connectivity index (χ0v) is 12.1. The molecule has 0 aliphatic carbocycles. The van der Waals surface area contributed by atoms with Crippen molar-refractivity contribution in [3.05, 3.63) is 52.9 Å². The van der Waals surface area contributed by atoms with Gasteiger partial charge in [0, 0.05) is 13.6 Å². The first-order chi connectivity index (χ1) is 9.20. The first kappa shape index (κ1) is 14.0. The van der Waals surface area contributed by atoms with Crippen LogP contribution in [0.4, 0.5) is 5.69 Å². The number of furan rings is 1. The molecule has 19 heavy (non-hydrogen) atoms. The molecule has 0 unspecified atom stereocenters. The molecule has 102 valence electrons. The molecule has 0 bridgehead atoms. The maximum absolute atomic E-state index is 6.34. The van der Waals surface area contributed by atoms with Crippen molar-refractivity contribution in [2.24, 2.45) is 0 Å². The van der Waals surface area contributed by atoms with Crippen LogP contribution in [-0.2, 0) is 13.1 Å². The monoisotopic (exact) mass is 278 g/mol. The van der Waals surface area contributed by atoms with E-state index in [-0.39, 0.29) is 0 Å². The predicted octanol–water partition coefficient (Wildman–Crippen LogP) is 3.68. The van der Waals surface area contributed by atoms with Gasteiger partial charge in [-0.1, -0.05) is 24.6 Å². The zero-order valence-electron chi connectivity index (χ0n) is 11.3. The van der Waals surface area contributed by atoms with Gasteiger partial charge in [-0.25, -0.2) is 0 Å². The Kier molecular flexibility index (Phi) is 4.88. The molecule has 1 aromatic heterocycles. The fourth-order valence-corrected chi connectivity index (χ4v) is 2.31. The number of hydrogen-bond acceptors (Lipinski definition) is 3. The number of nitrogens with zero attached hydrogens (tertiary/aromatic N) is 1. The molecule has 0 saturated carbocycles. The van der Waals surface area contributed by atoms with Crippen LogP contribution >= 0.6 is 11.6 Å². The van der Waals surface area contributed by atoms with E-state index < -0.39 is 0 Å². The molecule has 0 atom stereocenters. The number of hydrogen-bond donors (Lipinski definition) is 1. The summed E-state index contributed by atoms with van der Waals surface area (Å²) in [5.74, 6) is 0.926. The van der Waals surface area contributed by atoms with Gasteiger partial charge in [-0.05, 0) is 36.4 Å². The van der Waals surface area contributed by atoms with Crippen molar-refractivity contribution in [3.8, 4) is 0 Å². The molecule has 3 nitrogen and oxygen atoms in total. The van der Waals surface area contributed by atoms with Crippen LogP contribution in [0, 0.1) is 0 Å². The second-order valence-electron chi connectivity index (χ2n) is 4.50. The van der Waals surface area contributed by atoms with Crippen molar-refractivity contribution >= 4 is 17.3 Å². The van der Waals surface area contributed by atoms with Crippen molar-refractivity contribution in [2.75, 3.05) is 18.5 Å². The molecule has 0 saturated heterocycles. The quantitative estimate of drug-likeness (QED) is 0.874. The van der Waals surface area contributed by atoms with Gasteiger partial charge in [-0.3, -0.25) is 0 Å². The Morgan fingerprint density at radius 3 is 2.79 bits per heavy atom. The van der Waals surface area contributed by atoms with E-state index in [1.165, 1.54) is 5.56 Å². The lowest BCUT2D eigenvalue weighted by Crippen LogP contribution is -2.17. The maximum Gasteiger partial charge on any atom is 0.123 e. The Labute approximate surface area is 119 Å². The molecule has 0 spiro atoms. The molecule has 1 aromatic carbocycles. The Balaban J connectivity index is 2.07. The van der Waals surface area contributed by atoms with Crippen LogP contribution in [0.3, 0.4) is 0 Å². The van der Waals surface area contributed by atoms with Crippen LogP contribution in [-0.4, -0.2) is 13.6 Å². The minimum absolute atomic E-state index is 0.708. The van der Waals surface area contributed by atoms with E-state index in [0.717, 1.165) is 29.6 Å². The van der Waals surface area contributed by atoms with Crippen LogP contribution in [0.15, 0.2) is 41.0 Å². The molecule has 0 radical (unpaired) electrons. The van der Waals surface area contributed by atoms with Crippen molar-refractivity contribution in [1.29, 1.82) is 0 Å².